The maximum absolute atomic E-state index is 7.44. The van der Waals surface area contributed by atoms with Gasteiger partial charge in [-0.05, 0) is 234 Å². The van der Waals surface area contributed by atoms with E-state index < -0.39 is 10.8 Å². The van der Waals surface area contributed by atoms with Crippen molar-refractivity contribution in [1.29, 1.82) is 0 Å². The Morgan fingerprint density at radius 1 is 0.240 bits per heavy atom. The Bertz CT molecular complexity index is 7850. The second kappa shape index (κ2) is 29.7. The van der Waals surface area contributed by atoms with Crippen LogP contribution in [0.25, 0.3) is 121 Å². The van der Waals surface area contributed by atoms with Gasteiger partial charge in [-0.2, -0.15) is 0 Å². The van der Waals surface area contributed by atoms with Crippen LogP contribution in [0.3, 0.4) is 0 Å². The Hall–Kier alpha value is -14.5. The van der Waals surface area contributed by atoms with Gasteiger partial charge in [0.25, 0.3) is 0 Å². The molecule has 0 fully saturated rings. The molecule has 3 aliphatic carbocycles. The number of aryl methyl sites for hydroxylation is 6. The van der Waals surface area contributed by atoms with E-state index in [-0.39, 0.29) is 0 Å². The maximum atomic E-state index is 7.44. The summed E-state index contributed by atoms with van der Waals surface area (Å²) in [4.78, 5) is 4.84. The number of para-hydroxylation sites is 4. The minimum atomic E-state index is -0.764. The highest BCUT2D eigenvalue weighted by Gasteiger charge is 2.55. The normalized spacial score (nSPS) is 12.9. The molecule has 0 radical (unpaired) electrons. The molecule has 25 rings (SSSR count). The smallest absolute Gasteiger partial charge is 0.160 e. The van der Waals surface area contributed by atoms with Crippen molar-refractivity contribution in [3.05, 3.63) is 463 Å². The van der Waals surface area contributed by atoms with Crippen LogP contribution in [-0.2, 0) is 10.8 Å². The highest BCUT2D eigenvalue weighted by atomic mass is 79.9. The minimum absolute atomic E-state index is 0.585. The Labute approximate surface area is 741 Å². The zero-order valence-electron chi connectivity index (χ0n) is 69.6. The number of nitrogens with zero attached hydrogens (tertiary/aromatic N) is 2. The third-order valence-corrected chi connectivity index (χ3v) is 27.2. The van der Waals surface area contributed by atoms with Crippen LogP contribution in [0.1, 0.15) is 77.9 Å². The number of hydrogen-bond donors (Lipinski definition) is 1. The SMILES string of the molecule is Brc1cc2c(c3c1oc1ccccc13)-c1c(cc(Br)c3c1oc1ccccc13)C2(c1ccccc1)c1ccccc1.Cc1ccc(N(c2ccc(C)cc2)c2cc3c(c4c2oc2ccccc24)-c2c(cc(N(c4ccc(C)cc4)c4ccc(C)cc4)c4c2oc2ccccc24)C32c3ccccc3-c3ccccc32)cc1.Cc1ccc(Nc2ccc(C)cc2)cc1. The Kier molecular flexibility index (Phi) is 17.9. The average Bonchev–Trinajstić information content (AvgIpc) is 1.49. The molecule has 4 heterocycles. The van der Waals surface area contributed by atoms with Crippen molar-refractivity contribution in [3.63, 3.8) is 0 Å². The average molecular weight is 1740 g/mol. The molecule has 22 aromatic rings. The minimum Gasteiger partial charge on any atom is -0.455 e. The van der Waals surface area contributed by atoms with Crippen LogP contribution < -0.4 is 15.1 Å². The second-order valence-corrected chi connectivity index (χ2v) is 35.3. The van der Waals surface area contributed by atoms with Crippen LogP contribution >= 0.6 is 31.9 Å². The monoisotopic (exact) mass is 1740 g/mol. The van der Waals surface area contributed by atoms with E-state index in [0.29, 0.717) is 0 Å². The lowest BCUT2D eigenvalue weighted by Gasteiger charge is -2.34. The molecular weight excluding hydrogens is 1660 g/mol. The summed E-state index contributed by atoms with van der Waals surface area (Å²) >= 11 is 7.94. The topological polar surface area (TPSA) is 71.1 Å². The van der Waals surface area contributed by atoms with E-state index in [1.54, 1.807) is 0 Å². The first kappa shape index (κ1) is 75.5. The largest absolute Gasteiger partial charge is 0.455 e. The number of rotatable bonds is 10. The number of benzene rings is 18. The van der Waals surface area contributed by atoms with Gasteiger partial charge in [0.2, 0.25) is 0 Å². The van der Waals surface area contributed by atoms with Crippen LogP contribution in [0.2, 0.25) is 0 Å². The predicted molar refractivity (Wildman–Crippen MR) is 525 cm³/mol. The molecule has 3 aliphatic rings. The van der Waals surface area contributed by atoms with Gasteiger partial charge in [0.05, 0.1) is 32.1 Å². The van der Waals surface area contributed by atoms with Crippen LogP contribution in [-0.4, -0.2) is 0 Å². The number of nitrogens with one attached hydrogen (secondary N) is 1. The molecule has 125 heavy (non-hydrogen) atoms. The van der Waals surface area contributed by atoms with Crippen molar-refractivity contribution in [3.8, 4) is 33.4 Å². The van der Waals surface area contributed by atoms with E-state index in [1.807, 2.05) is 18.2 Å². The molecule has 0 saturated heterocycles. The van der Waals surface area contributed by atoms with Crippen LogP contribution in [0.4, 0.5) is 45.5 Å². The standard InChI is InChI=1S/C65H46N2O2.C37H20Br2O2.C14H15N/c1-39-21-29-43(30-22-39)66(44-31-23-40(2)24-32-44)55-37-54-62(64-59(55)49-15-7-11-19-57(49)69-64)61-53(65(54)51-17-9-5-13-47(51)48-14-6-10-18-52(48)65)38-56(63-60(61)50-16-8-12-20-58(50)68-63)67(45-33-25-41(3)26-34-45)46-35-27-42(4)28-36-46;38-27-19-26-34(36-31(27)23-15-7-9-17-29(23)41-36)33-25(20-28(39)35-32(33)24-16-8-10-18-30(24)40-35)37(26,21-11-3-1-4-12-21)22-13-5-2-6-14-22;1-11-3-7-13(8-4-11)15-14-9-5-12(2)6-10-14/h5-38H,1-4H3;1-20H;3-10,15H,1-2H3. The third-order valence-electron chi connectivity index (χ3n) is 26.0. The van der Waals surface area contributed by atoms with Crippen molar-refractivity contribution in [1.82, 2.24) is 0 Å². The van der Waals surface area contributed by atoms with Gasteiger partial charge in [-0.15, -0.1) is 0 Å². The summed E-state index contributed by atoms with van der Waals surface area (Å²) in [5, 5.41) is 12.0. The Morgan fingerprint density at radius 2 is 0.544 bits per heavy atom. The van der Waals surface area contributed by atoms with E-state index >= 15 is 0 Å². The molecule has 0 aliphatic heterocycles. The van der Waals surface area contributed by atoms with Gasteiger partial charge in [0.1, 0.15) is 39.1 Å². The van der Waals surface area contributed by atoms with Gasteiger partial charge in [-0.25, -0.2) is 0 Å². The lowest BCUT2D eigenvalue weighted by molar-refractivity contribution is 0.666. The zero-order chi connectivity index (χ0) is 84.1. The van der Waals surface area contributed by atoms with Gasteiger partial charge in [-0.1, -0.05) is 304 Å². The molecule has 0 atom stereocenters. The van der Waals surface area contributed by atoms with Gasteiger partial charge >= 0.3 is 0 Å². The highest BCUT2D eigenvalue weighted by Crippen LogP contribution is 2.69. The van der Waals surface area contributed by atoms with Crippen LogP contribution in [0, 0.1) is 41.5 Å². The quantitative estimate of drug-likeness (QED) is 0.146. The summed E-state index contributed by atoms with van der Waals surface area (Å²) < 4.78 is 30.0. The van der Waals surface area contributed by atoms with E-state index in [1.165, 1.54) is 89.0 Å². The zero-order valence-corrected chi connectivity index (χ0v) is 72.8. The van der Waals surface area contributed by atoms with Gasteiger partial charge < -0.3 is 32.8 Å². The molecule has 0 saturated carbocycles. The molecule has 18 aromatic carbocycles. The summed E-state index contributed by atoms with van der Waals surface area (Å²) in [6, 6.07) is 136. The molecule has 4 aromatic heterocycles. The van der Waals surface area contributed by atoms with Gasteiger partial charge in [0, 0.05) is 98.6 Å². The first-order valence-corrected chi connectivity index (χ1v) is 44.2. The number of fused-ring (bicyclic) bond motifs is 29. The number of halogens is 2. The van der Waals surface area contributed by atoms with Gasteiger partial charge in [-0.3, -0.25) is 0 Å². The summed E-state index contributed by atoms with van der Waals surface area (Å²) in [5.41, 5.74) is 38.1. The Morgan fingerprint density at radius 3 is 0.984 bits per heavy atom. The predicted octanol–water partition coefficient (Wildman–Crippen LogP) is 33.4. The molecule has 598 valence electrons. The molecule has 0 unspecified atom stereocenters. The molecule has 7 nitrogen and oxygen atoms in total. The van der Waals surface area contributed by atoms with Gasteiger partial charge in [0.15, 0.2) is 5.58 Å². The van der Waals surface area contributed by atoms with E-state index in [0.717, 1.165) is 164 Å². The van der Waals surface area contributed by atoms with Crippen molar-refractivity contribution in [2.24, 2.45) is 0 Å². The van der Waals surface area contributed by atoms with Crippen LogP contribution in [0.15, 0.2) is 403 Å². The molecule has 0 amide bonds. The summed E-state index contributed by atoms with van der Waals surface area (Å²) in [6.45, 7) is 12.8. The summed E-state index contributed by atoms with van der Waals surface area (Å²) in [5.74, 6) is 0. The molecule has 1 spiro atoms. The second-order valence-electron chi connectivity index (χ2n) is 33.6. The lowest BCUT2D eigenvalue weighted by atomic mass is 9.67. The van der Waals surface area contributed by atoms with Crippen LogP contribution in [0.5, 0.6) is 0 Å². The molecule has 1 N–H and O–H groups in total. The van der Waals surface area contributed by atoms with Crippen molar-refractivity contribution >= 4 is 165 Å². The van der Waals surface area contributed by atoms with Crippen molar-refractivity contribution < 1.29 is 17.7 Å². The molecule has 9 heteroatoms. The first-order valence-electron chi connectivity index (χ1n) is 42.6. The van der Waals surface area contributed by atoms with E-state index in [4.69, 9.17) is 17.7 Å². The fourth-order valence-electron chi connectivity index (χ4n) is 20.4. The lowest BCUT2D eigenvalue weighted by Crippen LogP contribution is -2.28. The first-order chi connectivity index (χ1) is 61.3. The highest BCUT2D eigenvalue weighted by molar-refractivity contribution is 9.11. The Balaban J connectivity index is 0.000000134. The van der Waals surface area contributed by atoms with Crippen molar-refractivity contribution in [2.45, 2.75) is 52.4 Å². The van der Waals surface area contributed by atoms with E-state index in [9.17, 15) is 0 Å². The number of hydrogen-bond acceptors (Lipinski definition) is 7. The molecular formula is C116H81Br2N3O4. The number of furan rings is 4. The summed E-state index contributed by atoms with van der Waals surface area (Å²) in [7, 11) is 0. The fraction of sp³-hybridized carbons (Fsp3) is 0.0690. The van der Waals surface area contributed by atoms with Crippen molar-refractivity contribution in [2.75, 3.05) is 15.1 Å². The summed E-state index contributed by atoms with van der Waals surface area (Å²) in [6.07, 6.45) is 0. The molecule has 0 bridgehead atoms. The maximum Gasteiger partial charge on any atom is 0.160 e. The third kappa shape index (κ3) is 11.8. The fourth-order valence-corrected chi connectivity index (χ4v) is 21.5. The number of anilines is 8. The van der Waals surface area contributed by atoms with E-state index in [2.05, 4.69) is 446 Å².